The summed E-state index contributed by atoms with van der Waals surface area (Å²) in [6, 6.07) is 12.0. The van der Waals surface area contributed by atoms with Crippen LogP contribution in [0, 0.1) is 16.7 Å². The van der Waals surface area contributed by atoms with E-state index >= 15 is 0 Å². The summed E-state index contributed by atoms with van der Waals surface area (Å²) in [5, 5.41) is 38.6. The first-order valence-corrected chi connectivity index (χ1v) is 14.5. The molecule has 2 aliphatic rings. The molecule has 0 amide bonds. The monoisotopic (exact) mass is 586 g/mol. The molecule has 218 valence electrons. The molecule has 2 aromatic heterocycles. The smallest absolute Gasteiger partial charge is 0.459 e. The Balaban J connectivity index is 1.35. The van der Waals surface area contributed by atoms with Crippen LogP contribution in [0.3, 0.4) is 0 Å². The molecule has 1 aromatic carbocycles. The number of hydrogen-bond donors (Lipinski definition) is 4. The summed E-state index contributed by atoms with van der Waals surface area (Å²) in [7, 11) is -4.40. The predicted octanol–water partition coefficient (Wildman–Crippen LogP) is 1.89. The number of benzene rings is 1. The van der Waals surface area contributed by atoms with Gasteiger partial charge in [-0.05, 0) is 44.0 Å². The van der Waals surface area contributed by atoms with Crippen molar-refractivity contribution in [1.82, 2.24) is 19.7 Å². The van der Waals surface area contributed by atoms with Gasteiger partial charge in [0.1, 0.15) is 54.6 Å². The predicted molar refractivity (Wildman–Crippen MR) is 143 cm³/mol. The number of nitriles is 1. The van der Waals surface area contributed by atoms with Crippen molar-refractivity contribution in [2.45, 2.75) is 56.6 Å². The Kier molecular flexibility index (Phi) is 7.78. The topological polar surface area (TPSA) is 204 Å². The van der Waals surface area contributed by atoms with Crippen molar-refractivity contribution in [3.63, 3.8) is 0 Å². The number of nitrogens with one attached hydrogen (secondary N) is 1. The van der Waals surface area contributed by atoms with E-state index in [4.69, 9.17) is 24.3 Å². The van der Waals surface area contributed by atoms with E-state index in [1.807, 2.05) is 13.0 Å². The fraction of sp³-hybridized carbons (Fsp3) is 0.462. The Morgan fingerprint density at radius 1 is 1.29 bits per heavy atom. The molecule has 0 bridgehead atoms. The number of nitrogens with two attached hydrogens (primary N) is 1. The van der Waals surface area contributed by atoms with Gasteiger partial charge in [-0.25, -0.2) is 14.1 Å². The molecule has 5 N–H and O–H groups in total. The van der Waals surface area contributed by atoms with Gasteiger partial charge in [0, 0.05) is 5.41 Å². The van der Waals surface area contributed by atoms with Gasteiger partial charge in [-0.15, -0.1) is 0 Å². The summed E-state index contributed by atoms with van der Waals surface area (Å²) >= 11 is 0. The molecule has 1 aliphatic carbocycles. The summed E-state index contributed by atoms with van der Waals surface area (Å²) in [5.41, 5.74) is 4.39. The molecule has 3 aromatic rings. The zero-order valence-electron chi connectivity index (χ0n) is 22.4. The Morgan fingerprint density at radius 2 is 2.02 bits per heavy atom. The highest BCUT2D eigenvalue weighted by Gasteiger charge is 2.57. The van der Waals surface area contributed by atoms with Gasteiger partial charge < -0.3 is 29.9 Å². The first-order chi connectivity index (χ1) is 19.5. The number of carbonyl (C=O) groups is 1. The van der Waals surface area contributed by atoms with Crippen LogP contribution < -0.4 is 15.3 Å². The van der Waals surface area contributed by atoms with E-state index in [1.54, 1.807) is 30.3 Å². The number of anilines is 1. The van der Waals surface area contributed by atoms with Gasteiger partial charge in [0.05, 0.1) is 12.3 Å². The molecule has 14 nitrogen and oxygen atoms in total. The molecule has 5 rings (SSSR count). The number of aliphatic hydroxyl groups excluding tert-OH is 2. The minimum Gasteiger partial charge on any atom is -0.464 e. The van der Waals surface area contributed by atoms with Gasteiger partial charge in [0.15, 0.2) is 5.82 Å². The van der Waals surface area contributed by atoms with E-state index in [-0.39, 0.29) is 23.6 Å². The maximum atomic E-state index is 13.9. The highest BCUT2D eigenvalue weighted by molar-refractivity contribution is 7.52. The van der Waals surface area contributed by atoms with Gasteiger partial charge in [0.25, 0.3) is 0 Å². The number of ether oxygens (including phenoxy) is 2. The number of nitrogen functional groups attached to an aromatic ring is 1. The standard InChI is InChI=1S/C26H31N6O8P/c1-16(24(35)37-13-25(2)10-11-25)31-41(36,40-17-6-4-3-5-7-17)38-14-26(12-27)22(34)20(33)21(39-26)18-8-9-19-23(28)29-15-30-32(18)19/h3-9,15-16,20-22,33-34H,10-11,13-14H2,1-2H3,(H,31,36)(H2,28,29,30)/t16-,20-,21-,22-,26+,41+/m0/s1. The second-order valence-corrected chi connectivity index (χ2v) is 12.3. The molecule has 3 heterocycles. The van der Waals surface area contributed by atoms with Crippen LogP contribution in [0.2, 0.25) is 0 Å². The Labute approximate surface area is 235 Å². The van der Waals surface area contributed by atoms with Crippen molar-refractivity contribution < 1.29 is 38.1 Å². The van der Waals surface area contributed by atoms with Crippen molar-refractivity contribution in [3.05, 3.63) is 54.5 Å². The van der Waals surface area contributed by atoms with E-state index < -0.39 is 50.3 Å². The zero-order chi connectivity index (χ0) is 29.4. The highest BCUT2D eigenvalue weighted by Crippen LogP contribution is 2.49. The zero-order valence-corrected chi connectivity index (χ0v) is 23.3. The second kappa shape index (κ2) is 11.0. The van der Waals surface area contributed by atoms with Gasteiger partial charge in [-0.2, -0.15) is 15.4 Å². The summed E-state index contributed by atoms with van der Waals surface area (Å²) in [4.78, 5) is 16.6. The van der Waals surface area contributed by atoms with Crippen LogP contribution in [0.15, 0.2) is 48.8 Å². The van der Waals surface area contributed by atoms with Crippen LogP contribution in [0.25, 0.3) is 5.52 Å². The summed E-state index contributed by atoms with van der Waals surface area (Å²) in [6.07, 6.45) is -1.49. The van der Waals surface area contributed by atoms with Crippen LogP contribution >= 0.6 is 7.75 Å². The molecule has 1 saturated carbocycles. The van der Waals surface area contributed by atoms with Gasteiger partial charge >= 0.3 is 13.7 Å². The maximum Gasteiger partial charge on any atom is 0.459 e. The number of nitrogens with zero attached hydrogens (tertiary/aromatic N) is 4. The average molecular weight is 587 g/mol. The molecule has 0 radical (unpaired) electrons. The van der Waals surface area contributed by atoms with Crippen molar-refractivity contribution in [3.8, 4) is 11.8 Å². The third-order valence-electron chi connectivity index (χ3n) is 7.23. The number of rotatable bonds is 11. The van der Waals surface area contributed by atoms with Crippen molar-refractivity contribution >= 4 is 25.1 Å². The molecule has 1 aliphatic heterocycles. The quantitative estimate of drug-likeness (QED) is 0.187. The van der Waals surface area contributed by atoms with Crippen LogP contribution in [0.1, 0.15) is 38.5 Å². The van der Waals surface area contributed by atoms with Gasteiger partial charge in [-0.1, -0.05) is 25.1 Å². The lowest BCUT2D eigenvalue weighted by Crippen LogP contribution is -2.46. The number of carbonyl (C=O) groups excluding carboxylic acids is 1. The number of hydrogen-bond acceptors (Lipinski definition) is 12. The molecular weight excluding hydrogens is 555 g/mol. The lowest BCUT2D eigenvalue weighted by atomic mass is 9.96. The van der Waals surface area contributed by atoms with E-state index in [0.29, 0.717) is 11.2 Å². The third-order valence-corrected chi connectivity index (χ3v) is 8.85. The van der Waals surface area contributed by atoms with Crippen molar-refractivity contribution in [2.75, 3.05) is 18.9 Å². The van der Waals surface area contributed by atoms with E-state index in [1.165, 1.54) is 29.9 Å². The maximum absolute atomic E-state index is 13.9. The molecule has 1 saturated heterocycles. The summed E-state index contributed by atoms with van der Waals surface area (Å²) in [6.45, 7) is 2.87. The molecule has 2 fully saturated rings. The van der Waals surface area contributed by atoms with Crippen LogP contribution in [-0.2, 0) is 23.4 Å². The Bertz CT molecular complexity index is 1510. The Morgan fingerprint density at radius 3 is 2.71 bits per heavy atom. The minimum absolute atomic E-state index is 0.0499. The fourth-order valence-electron chi connectivity index (χ4n) is 4.38. The van der Waals surface area contributed by atoms with Crippen LogP contribution in [-0.4, -0.2) is 67.8 Å². The van der Waals surface area contributed by atoms with Crippen LogP contribution in [0.5, 0.6) is 5.75 Å². The first kappa shape index (κ1) is 28.9. The van der Waals surface area contributed by atoms with E-state index in [9.17, 15) is 24.8 Å². The molecule has 0 unspecified atom stereocenters. The number of para-hydroxylation sites is 1. The highest BCUT2D eigenvalue weighted by atomic mass is 31.2. The number of esters is 1. The number of aliphatic hydroxyl groups is 2. The molecule has 0 spiro atoms. The summed E-state index contributed by atoms with van der Waals surface area (Å²) in [5.74, 6) is -0.330. The molecule has 6 atom stereocenters. The molecule has 41 heavy (non-hydrogen) atoms. The third kappa shape index (κ3) is 5.92. The van der Waals surface area contributed by atoms with E-state index in [0.717, 1.165) is 12.8 Å². The largest absolute Gasteiger partial charge is 0.464 e. The van der Waals surface area contributed by atoms with Crippen molar-refractivity contribution in [2.24, 2.45) is 5.41 Å². The van der Waals surface area contributed by atoms with E-state index in [2.05, 4.69) is 15.2 Å². The van der Waals surface area contributed by atoms with Gasteiger partial charge in [-0.3, -0.25) is 9.32 Å². The summed E-state index contributed by atoms with van der Waals surface area (Å²) < 4.78 is 37.8. The van der Waals surface area contributed by atoms with Crippen molar-refractivity contribution in [1.29, 1.82) is 5.26 Å². The lowest BCUT2D eigenvalue weighted by Gasteiger charge is -2.28. The normalized spacial score (nSPS) is 27.0. The Hall–Kier alpha value is -3.57. The lowest BCUT2D eigenvalue weighted by molar-refractivity contribution is -0.147. The second-order valence-electron chi connectivity index (χ2n) is 10.6. The number of aromatic nitrogens is 3. The minimum atomic E-state index is -4.40. The molecular formula is C26H31N6O8P. The van der Waals surface area contributed by atoms with Crippen LogP contribution in [0.4, 0.5) is 5.82 Å². The molecule has 15 heteroatoms. The SMILES string of the molecule is C[C@H](N[P@@](=O)(OC[C@@]1(C#N)O[C@@H](c2ccc3c(N)ncnn23)[C@H](O)[C@@H]1O)Oc1ccccc1)C(=O)OCC1(C)CC1. The van der Waals surface area contributed by atoms with Gasteiger partial charge in [0.2, 0.25) is 5.60 Å². The fourth-order valence-corrected chi connectivity index (χ4v) is 5.91. The average Bonchev–Trinajstić information content (AvgIpc) is 3.44. The number of fused-ring (bicyclic) bond motifs is 1. The first-order valence-electron chi connectivity index (χ1n) is 13.0.